The second kappa shape index (κ2) is 7.52. The molecule has 3 amide bonds. The lowest BCUT2D eigenvalue weighted by atomic mass is 10.1. The van der Waals surface area contributed by atoms with Crippen LogP contribution in [0.2, 0.25) is 0 Å². The highest BCUT2D eigenvalue weighted by Gasteiger charge is 2.35. The topological polar surface area (TPSA) is 78.5 Å². The lowest BCUT2D eigenvalue weighted by Gasteiger charge is -2.19. The Labute approximate surface area is 162 Å². The molecule has 6 nitrogen and oxygen atoms in total. The zero-order valence-corrected chi connectivity index (χ0v) is 15.1. The van der Waals surface area contributed by atoms with E-state index in [9.17, 15) is 14.4 Å². The lowest BCUT2D eigenvalue weighted by Crippen LogP contribution is -2.45. The standard InChI is InChI=1S/C22H19N3O3/c26-20-13-17(22(28)24-23-21(27)16-8-2-1-3-9-16)14-25(20)19-12-6-10-15-7-4-5-11-18(15)19/h1-12,17H,13-14H2,(H,23,27)(H,24,28)/t17-/m0/s1. The number of benzene rings is 3. The average molecular weight is 373 g/mol. The maximum absolute atomic E-state index is 12.6. The van der Waals surface area contributed by atoms with Crippen molar-refractivity contribution in [3.05, 3.63) is 78.4 Å². The normalized spacial score (nSPS) is 16.2. The number of fused-ring (bicyclic) bond motifs is 1. The predicted molar refractivity (Wildman–Crippen MR) is 106 cm³/mol. The van der Waals surface area contributed by atoms with Crippen molar-refractivity contribution in [2.45, 2.75) is 6.42 Å². The molecule has 0 spiro atoms. The van der Waals surface area contributed by atoms with E-state index in [-0.39, 0.29) is 24.8 Å². The maximum Gasteiger partial charge on any atom is 0.269 e. The average Bonchev–Trinajstić information content (AvgIpc) is 3.13. The van der Waals surface area contributed by atoms with Crippen LogP contribution in [0.25, 0.3) is 10.8 Å². The van der Waals surface area contributed by atoms with Crippen LogP contribution >= 0.6 is 0 Å². The summed E-state index contributed by atoms with van der Waals surface area (Å²) in [5, 5.41) is 2.01. The van der Waals surface area contributed by atoms with Crippen molar-refractivity contribution in [3.63, 3.8) is 0 Å². The third-order valence-corrected chi connectivity index (χ3v) is 4.89. The van der Waals surface area contributed by atoms with E-state index in [1.54, 1.807) is 35.2 Å². The Morgan fingerprint density at radius 2 is 1.57 bits per heavy atom. The SMILES string of the molecule is O=C(NNC(=O)[C@H]1CC(=O)N(c2cccc3ccccc23)C1)c1ccccc1. The molecule has 0 aromatic heterocycles. The molecule has 1 aliphatic heterocycles. The van der Waals surface area contributed by atoms with Gasteiger partial charge in [-0.3, -0.25) is 25.2 Å². The summed E-state index contributed by atoms with van der Waals surface area (Å²) in [5.74, 6) is -1.40. The van der Waals surface area contributed by atoms with Crippen LogP contribution in [0.4, 0.5) is 5.69 Å². The minimum Gasteiger partial charge on any atom is -0.311 e. The van der Waals surface area contributed by atoms with Gasteiger partial charge >= 0.3 is 0 Å². The number of hydrazine groups is 1. The molecule has 140 valence electrons. The maximum atomic E-state index is 12.6. The number of hydrogen-bond donors (Lipinski definition) is 2. The minimum atomic E-state index is -0.525. The Kier molecular flexibility index (Phi) is 4.76. The molecule has 3 aromatic carbocycles. The van der Waals surface area contributed by atoms with Gasteiger partial charge in [0, 0.05) is 23.9 Å². The largest absolute Gasteiger partial charge is 0.311 e. The molecule has 1 heterocycles. The summed E-state index contributed by atoms with van der Waals surface area (Å²) in [4.78, 5) is 38.7. The molecule has 4 rings (SSSR count). The van der Waals surface area contributed by atoms with E-state index in [2.05, 4.69) is 10.9 Å². The van der Waals surface area contributed by atoms with Crippen LogP contribution in [0.15, 0.2) is 72.8 Å². The zero-order valence-electron chi connectivity index (χ0n) is 15.1. The Morgan fingerprint density at radius 1 is 0.857 bits per heavy atom. The molecule has 0 bridgehead atoms. The van der Waals surface area contributed by atoms with Crippen LogP contribution in [0.1, 0.15) is 16.8 Å². The van der Waals surface area contributed by atoms with E-state index in [1.165, 1.54) is 0 Å². The second-order valence-corrected chi connectivity index (χ2v) is 6.71. The van der Waals surface area contributed by atoms with Crippen LogP contribution in [0, 0.1) is 5.92 Å². The number of amides is 3. The van der Waals surface area contributed by atoms with Gasteiger partial charge in [-0.25, -0.2) is 0 Å². The number of nitrogens with one attached hydrogen (secondary N) is 2. The zero-order chi connectivity index (χ0) is 19.5. The molecule has 1 aliphatic rings. The molecule has 0 unspecified atom stereocenters. The Bertz CT molecular complexity index is 1040. The molecule has 0 aliphatic carbocycles. The summed E-state index contributed by atoms with van der Waals surface area (Å²) in [5.41, 5.74) is 6.09. The van der Waals surface area contributed by atoms with Gasteiger partial charge in [0.1, 0.15) is 0 Å². The molecule has 0 saturated carbocycles. The Hall–Kier alpha value is -3.67. The van der Waals surface area contributed by atoms with E-state index in [4.69, 9.17) is 0 Å². The number of nitrogens with zero attached hydrogens (tertiary/aromatic N) is 1. The molecule has 1 saturated heterocycles. The molecular weight excluding hydrogens is 354 g/mol. The molecule has 2 N–H and O–H groups in total. The van der Waals surface area contributed by atoms with Crippen LogP contribution in [0.5, 0.6) is 0 Å². The van der Waals surface area contributed by atoms with Crippen molar-refractivity contribution in [1.82, 2.24) is 10.9 Å². The highest BCUT2D eigenvalue weighted by atomic mass is 16.2. The van der Waals surface area contributed by atoms with Gasteiger partial charge in [0.25, 0.3) is 5.91 Å². The monoisotopic (exact) mass is 373 g/mol. The van der Waals surface area contributed by atoms with Gasteiger partial charge in [0.05, 0.1) is 11.6 Å². The fourth-order valence-corrected chi connectivity index (χ4v) is 3.44. The van der Waals surface area contributed by atoms with Gasteiger partial charge in [-0.05, 0) is 23.6 Å². The molecule has 1 fully saturated rings. The number of hydrogen-bond acceptors (Lipinski definition) is 3. The molecule has 28 heavy (non-hydrogen) atoms. The highest BCUT2D eigenvalue weighted by Crippen LogP contribution is 2.31. The van der Waals surface area contributed by atoms with E-state index < -0.39 is 11.8 Å². The van der Waals surface area contributed by atoms with Crippen LogP contribution in [-0.2, 0) is 9.59 Å². The summed E-state index contributed by atoms with van der Waals surface area (Å²) >= 11 is 0. The quantitative estimate of drug-likeness (QED) is 0.693. The summed E-state index contributed by atoms with van der Waals surface area (Å²) in [6, 6.07) is 22.2. The molecule has 1 atom stereocenters. The Morgan fingerprint density at radius 3 is 2.39 bits per heavy atom. The van der Waals surface area contributed by atoms with Crippen molar-refractivity contribution in [1.29, 1.82) is 0 Å². The van der Waals surface area contributed by atoms with Crippen molar-refractivity contribution in [2.24, 2.45) is 5.92 Å². The summed E-state index contributed by atoms with van der Waals surface area (Å²) in [7, 11) is 0. The van der Waals surface area contributed by atoms with E-state index in [0.717, 1.165) is 16.5 Å². The molecule has 3 aromatic rings. The molecule has 6 heteroatoms. The Balaban J connectivity index is 1.44. The van der Waals surface area contributed by atoms with Crippen molar-refractivity contribution < 1.29 is 14.4 Å². The molecular formula is C22H19N3O3. The second-order valence-electron chi connectivity index (χ2n) is 6.71. The van der Waals surface area contributed by atoms with E-state index in [1.807, 2.05) is 42.5 Å². The fourth-order valence-electron chi connectivity index (χ4n) is 3.44. The first kappa shape index (κ1) is 17.7. The van der Waals surface area contributed by atoms with Crippen LogP contribution < -0.4 is 15.8 Å². The van der Waals surface area contributed by atoms with Crippen molar-refractivity contribution in [3.8, 4) is 0 Å². The van der Waals surface area contributed by atoms with E-state index >= 15 is 0 Å². The first-order valence-electron chi connectivity index (χ1n) is 9.07. The van der Waals surface area contributed by atoms with E-state index in [0.29, 0.717) is 5.56 Å². The van der Waals surface area contributed by atoms with Crippen molar-refractivity contribution >= 4 is 34.2 Å². The van der Waals surface area contributed by atoms with Crippen molar-refractivity contribution in [2.75, 3.05) is 11.4 Å². The van der Waals surface area contributed by atoms with Gasteiger partial charge in [0.15, 0.2) is 0 Å². The number of carbonyl (C=O) groups excluding carboxylic acids is 3. The number of rotatable bonds is 3. The van der Waals surface area contributed by atoms with Gasteiger partial charge in [0.2, 0.25) is 11.8 Å². The van der Waals surface area contributed by atoms with Gasteiger partial charge in [-0.15, -0.1) is 0 Å². The summed E-state index contributed by atoms with van der Waals surface area (Å²) in [6.07, 6.45) is 0.107. The van der Waals surface area contributed by atoms with Crippen LogP contribution in [0.3, 0.4) is 0 Å². The smallest absolute Gasteiger partial charge is 0.269 e. The number of carbonyl (C=O) groups is 3. The number of anilines is 1. The fraction of sp³-hybridized carbons (Fsp3) is 0.136. The van der Waals surface area contributed by atoms with Gasteiger partial charge in [-0.2, -0.15) is 0 Å². The molecule has 0 radical (unpaired) electrons. The van der Waals surface area contributed by atoms with Crippen LogP contribution in [-0.4, -0.2) is 24.3 Å². The summed E-state index contributed by atoms with van der Waals surface area (Å²) in [6.45, 7) is 0.278. The minimum absolute atomic E-state index is 0.106. The predicted octanol–water partition coefficient (Wildman–Crippen LogP) is 2.65. The van der Waals surface area contributed by atoms with Gasteiger partial charge in [-0.1, -0.05) is 54.6 Å². The first-order valence-corrected chi connectivity index (χ1v) is 9.07. The third-order valence-electron chi connectivity index (χ3n) is 4.89. The first-order chi connectivity index (χ1) is 13.6. The third kappa shape index (κ3) is 3.44. The lowest BCUT2D eigenvalue weighted by molar-refractivity contribution is -0.126. The summed E-state index contributed by atoms with van der Waals surface area (Å²) < 4.78 is 0. The highest BCUT2D eigenvalue weighted by molar-refractivity contribution is 6.07. The van der Waals surface area contributed by atoms with Gasteiger partial charge < -0.3 is 4.90 Å².